The van der Waals surface area contributed by atoms with Crippen molar-refractivity contribution >= 4 is 17.2 Å². The lowest BCUT2D eigenvalue weighted by atomic mass is 10.1. The van der Waals surface area contributed by atoms with Gasteiger partial charge in [0.15, 0.2) is 0 Å². The molecule has 0 saturated carbocycles. The molecule has 0 radical (unpaired) electrons. The molecule has 0 saturated heterocycles. The van der Waals surface area contributed by atoms with Gasteiger partial charge in [-0.2, -0.15) is 0 Å². The Morgan fingerprint density at radius 2 is 2.05 bits per heavy atom. The number of aromatic nitrogens is 1. The highest BCUT2D eigenvalue weighted by atomic mass is 32.1. The number of nitrogens with zero attached hydrogens (tertiary/aromatic N) is 2. The predicted molar refractivity (Wildman–Crippen MR) is 86.2 cm³/mol. The molecule has 2 aromatic rings. The maximum Gasteiger partial charge on any atom is 0.234 e. The number of hydrogen-bond acceptors (Lipinski definition) is 4. The first-order valence-corrected chi connectivity index (χ1v) is 7.89. The number of thiophene rings is 1. The Morgan fingerprint density at radius 3 is 2.67 bits per heavy atom. The molecule has 2 rings (SSSR count). The van der Waals surface area contributed by atoms with Crippen molar-refractivity contribution in [2.24, 2.45) is 0 Å². The number of amides is 1. The fourth-order valence-electron chi connectivity index (χ4n) is 2.16. The Balaban J connectivity index is 1.87. The summed E-state index contributed by atoms with van der Waals surface area (Å²) in [6, 6.07) is 8.23. The molecule has 0 aliphatic carbocycles. The summed E-state index contributed by atoms with van der Waals surface area (Å²) in [6.45, 7) is 4.47. The lowest BCUT2D eigenvalue weighted by Crippen LogP contribution is -2.37. The summed E-state index contributed by atoms with van der Waals surface area (Å²) in [5, 5.41) is 5.06. The SMILES string of the molecule is C[C@H](c1ccncc1)N(C)CC(=O)N[C@H](C)c1cccs1. The molecule has 0 aliphatic rings. The van der Waals surface area contributed by atoms with Crippen LogP contribution in [-0.2, 0) is 4.79 Å². The standard InChI is InChI=1S/C16H21N3OS/c1-12(15-5-4-10-21-15)18-16(20)11-19(3)13(2)14-6-8-17-9-7-14/h4-10,12-13H,11H2,1-3H3,(H,18,20)/t12-,13-/m1/s1. The molecule has 112 valence electrons. The molecule has 0 bridgehead atoms. The van der Waals surface area contributed by atoms with E-state index in [1.807, 2.05) is 48.5 Å². The van der Waals surface area contributed by atoms with E-state index >= 15 is 0 Å². The Bertz CT molecular complexity index is 556. The normalized spacial score (nSPS) is 13.9. The Labute approximate surface area is 129 Å². The van der Waals surface area contributed by atoms with Crippen LogP contribution in [0.5, 0.6) is 0 Å². The lowest BCUT2D eigenvalue weighted by Gasteiger charge is -2.25. The van der Waals surface area contributed by atoms with Gasteiger partial charge in [-0.25, -0.2) is 0 Å². The van der Waals surface area contributed by atoms with Gasteiger partial charge in [-0.3, -0.25) is 14.7 Å². The Morgan fingerprint density at radius 1 is 1.33 bits per heavy atom. The molecular weight excluding hydrogens is 282 g/mol. The summed E-state index contributed by atoms with van der Waals surface area (Å²) in [5.41, 5.74) is 1.16. The van der Waals surface area contributed by atoms with Gasteiger partial charge < -0.3 is 5.32 Å². The monoisotopic (exact) mass is 303 g/mol. The maximum atomic E-state index is 12.1. The number of hydrogen-bond donors (Lipinski definition) is 1. The maximum absolute atomic E-state index is 12.1. The van der Waals surface area contributed by atoms with Crippen molar-refractivity contribution in [3.8, 4) is 0 Å². The molecule has 0 unspecified atom stereocenters. The highest BCUT2D eigenvalue weighted by molar-refractivity contribution is 7.10. The van der Waals surface area contributed by atoms with E-state index in [1.165, 1.54) is 4.88 Å². The summed E-state index contributed by atoms with van der Waals surface area (Å²) < 4.78 is 0. The molecule has 4 nitrogen and oxygen atoms in total. The van der Waals surface area contributed by atoms with E-state index in [9.17, 15) is 4.79 Å². The minimum Gasteiger partial charge on any atom is -0.348 e. The van der Waals surface area contributed by atoms with Crippen molar-refractivity contribution in [1.82, 2.24) is 15.2 Å². The van der Waals surface area contributed by atoms with Crippen LogP contribution < -0.4 is 5.32 Å². The van der Waals surface area contributed by atoms with Crippen molar-refractivity contribution in [2.45, 2.75) is 25.9 Å². The number of rotatable bonds is 6. The number of likely N-dealkylation sites (N-methyl/N-ethyl adjacent to an activating group) is 1. The van der Waals surface area contributed by atoms with Gasteiger partial charge in [-0.15, -0.1) is 11.3 Å². The van der Waals surface area contributed by atoms with E-state index in [0.717, 1.165) is 5.56 Å². The van der Waals surface area contributed by atoms with Crippen LogP contribution in [0.2, 0.25) is 0 Å². The van der Waals surface area contributed by atoms with Crippen molar-refractivity contribution in [2.75, 3.05) is 13.6 Å². The summed E-state index contributed by atoms with van der Waals surface area (Å²) in [7, 11) is 1.96. The molecule has 5 heteroatoms. The van der Waals surface area contributed by atoms with E-state index < -0.39 is 0 Å². The van der Waals surface area contributed by atoms with Crippen molar-refractivity contribution in [3.05, 3.63) is 52.5 Å². The van der Waals surface area contributed by atoms with Gasteiger partial charge in [0.2, 0.25) is 5.91 Å². The van der Waals surface area contributed by atoms with Gasteiger partial charge in [-0.05, 0) is 50.0 Å². The van der Waals surface area contributed by atoms with Crippen LogP contribution in [0.15, 0.2) is 42.0 Å². The number of nitrogens with one attached hydrogen (secondary N) is 1. The van der Waals surface area contributed by atoms with Gasteiger partial charge in [0.1, 0.15) is 0 Å². The minimum atomic E-state index is 0.0410. The third kappa shape index (κ3) is 4.37. The minimum absolute atomic E-state index is 0.0410. The van der Waals surface area contributed by atoms with Crippen molar-refractivity contribution in [1.29, 1.82) is 0 Å². The van der Waals surface area contributed by atoms with E-state index in [4.69, 9.17) is 0 Å². The second-order valence-electron chi connectivity index (χ2n) is 5.18. The van der Waals surface area contributed by atoms with Gasteiger partial charge in [0, 0.05) is 23.3 Å². The highest BCUT2D eigenvalue weighted by Gasteiger charge is 2.16. The first-order chi connectivity index (χ1) is 10.1. The molecule has 2 heterocycles. The number of carbonyl (C=O) groups excluding carboxylic acids is 1. The van der Waals surface area contributed by atoms with Crippen LogP contribution in [0.25, 0.3) is 0 Å². The first-order valence-electron chi connectivity index (χ1n) is 7.01. The third-order valence-corrected chi connectivity index (χ3v) is 4.65. The van der Waals surface area contributed by atoms with E-state index in [0.29, 0.717) is 6.54 Å². The second kappa shape index (κ2) is 7.33. The zero-order valence-corrected chi connectivity index (χ0v) is 13.4. The third-order valence-electron chi connectivity index (χ3n) is 3.59. The summed E-state index contributed by atoms with van der Waals surface area (Å²) in [5.74, 6) is 0.0410. The number of pyridine rings is 1. The van der Waals surface area contributed by atoms with Crippen LogP contribution in [0.1, 0.15) is 36.4 Å². The molecule has 1 N–H and O–H groups in total. The first kappa shape index (κ1) is 15.7. The zero-order valence-electron chi connectivity index (χ0n) is 12.6. The average molecular weight is 303 g/mol. The van der Waals surface area contributed by atoms with E-state index in [1.54, 1.807) is 23.7 Å². The quantitative estimate of drug-likeness (QED) is 0.892. The second-order valence-corrected chi connectivity index (χ2v) is 6.16. The topological polar surface area (TPSA) is 45.2 Å². The molecule has 0 aliphatic heterocycles. The van der Waals surface area contributed by atoms with Crippen LogP contribution in [-0.4, -0.2) is 29.4 Å². The fourth-order valence-corrected chi connectivity index (χ4v) is 2.89. The largest absolute Gasteiger partial charge is 0.348 e. The van der Waals surface area contributed by atoms with Crippen molar-refractivity contribution < 1.29 is 4.79 Å². The Kier molecular flexibility index (Phi) is 5.47. The molecule has 0 fully saturated rings. The van der Waals surface area contributed by atoms with Crippen LogP contribution in [0.3, 0.4) is 0 Å². The van der Waals surface area contributed by atoms with Crippen LogP contribution in [0.4, 0.5) is 0 Å². The smallest absolute Gasteiger partial charge is 0.234 e. The molecule has 0 aromatic carbocycles. The van der Waals surface area contributed by atoms with Gasteiger partial charge in [-0.1, -0.05) is 6.07 Å². The van der Waals surface area contributed by atoms with Crippen LogP contribution in [0, 0.1) is 0 Å². The van der Waals surface area contributed by atoms with Crippen LogP contribution >= 0.6 is 11.3 Å². The molecule has 1 amide bonds. The Hall–Kier alpha value is -1.72. The van der Waals surface area contributed by atoms with E-state index in [2.05, 4.69) is 17.2 Å². The van der Waals surface area contributed by atoms with Crippen molar-refractivity contribution in [3.63, 3.8) is 0 Å². The summed E-state index contributed by atoms with van der Waals surface area (Å²) in [6.07, 6.45) is 3.55. The molecule has 2 atom stereocenters. The van der Waals surface area contributed by atoms with Gasteiger partial charge >= 0.3 is 0 Å². The molecular formula is C16H21N3OS. The zero-order chi connectivity index (χ0) is 15.2. The fraction of sp³-hybridized carbons (Fsp3) is 0.375. The summed E-state index contributed by atoms with van der Waals surface area (Å²) >= 11 is 1.66. The van der Waals surface area contributed by atoms with Gasteiger partial charge in [0.05, 0.1) is 12.6 Å². The number of carbonyl (C=O) groups is 1. The highest BCUT2D eigenvalue weighted by Crippen LogP contribution is 2.19. The lowest BCUT2D eigenvalue weighted by molar-refractivity contribution is -0.123. The molecule has 21 heavy (non-hydrogen) atoms. The molecule has 2 aromatic heterocycles. The summed E-state index contributed by atoms with van der Waals surface area (Å²) in [4.78, 5) is 19.4. The average Bonchev–Trinajstić information content (AvgIpc) is 3.01. The van der Waals surface area contributed by atoms with Gasteiger partial charge in [0.25, 0.3) is 0 Å². The van der Waals surface area contributed by atoms with E-state index in [-0.39, 0.29) is 18.0 Å². The predicted octanol–water partition coefficient (Wildman–Crippen LogP) is 3.01. The molecule has 0 spiro atoms.